The van der Waals surface area contributed by atoms with E-state index in [1.807, 2.05) is 0 Å². The van der Waals surface area contributed by atoms with Gasteiger partial charge in [0.1, 0.15) is 0 Å². The summed E-state index contributed by atoms with van der Waals surface area (Å²) in [6.07, 6.45) is 2.75. The van der Waals surface area contributed by atoms with Gasteiger partial charge in [-0.15, -0.1) is 0 Å². The van der Waals surface area contributed by atoms with E-state index in [4.69, 9.17) is 0 Å². The molecule has 2 rings (SSSR count). The Labute approximate surface area is 89.1 Å². The molecule has 0 N–H and O–H groups in total. The summed E-state index contributed by atoms with van der Waals surface area (Å²) >= 11 is 0. The van der Waals surface area contributed by atoms with Crippen molar-refractivity contribution in [2.45, 2.75) is 25.2 Å². The summed E-state index contributed by atoms with van der Waals surface area (Å²) < 4.78 is 22.5. The lowest BCUT2D eigenvalue weighted by Crippen LogP contribution is -2.14. The quantitative estimate of drug-likeness (QED) is 0.676. The van der Waals surface area contributed by atoms with E-state index >= 15 is 0 Å². The van der Waals surface area contributed by atoms with E-state index in [2.05, 4.69) is 21.8 Å². The molecule has 0 unspecified atom stereocenters. The van der Waals surface area contributed by atoms with Crippen molar-refractivity contribution in [3.8, 4) is 0 Å². The number of sulfone groups is 1. The number of hydrogen-bond acceptors (Lipinski definition) is 5. The molecule has 1 aromatic heterocycles. The highest BCUT2D eigenvalue weighted by atomic mass is 32.2. The van der Waals surface area contributed by atoms with Crippen LogP contribution in [0.4, 0.5) is 0 Å². The van der Waals surface area contributed by atoms with Crippen molar-refractivity contribution in [2.24, 2.45) is 0 Å². The van der Waals surface area contributed by atoms with E-state index in [1.54, 1.807) is 6.20 Å². The van der Waals surface area contributed by atoms with Crippen LogP contribution in [0.25, 0.3) is 0 Å². The smallest absolute Gasteiger partial charge is 0.247 e. The van der Waals surface area contributed by atoms with Crippen molar-refractivity contribution in [3.63, 3.8) is 0 Å². The lowest BCUT2D eigenvalue weighted by Gasteiger charge is -2.08. The van der Waals surface area contributed by atoms with E-state index in [-0.39, 0.29) is 5.16 Å². The second kappa shape index (κ2) is 3.53. The van der Waals surface area contributed by atoms with E-state index in [1.165, 1.54) is 0 Å². The maximum Gasteiger partial charge on any atom is 0.247 e. The van der Waals surface area contributed by atoms with E-state index in [0.717, 1.165) is 37.1 Å². The van der Waals surface area contributed by atoms with Gasteiger partial charge in [-0.3, -0.25) is 4.90 Å². The second-order valence-electron chi connectivity index (χ2n) is 3.70. The van der Waals surface area contributed by atoms with Gasteiger partial charge >= 0.3 is 0 Å². The van der Waals surface area contributed by atoms with Crippen molar-refractivity contribution in [1.82, 2.24) is 14.9 Å². The first-order chi connectivity index (χ1) is 7.00. The second-order valence-corrected chi connectivity index (χ2v) is 5.61. The molecule has 1 aliphatic heterocycles. The van der Waals surface area contributed by atoms with Crippen molar-refractivity contribution < 1.29 is 8.42 Å². The van der Waals surface area contributed by atoms with Gasteiger partial charge in [0.15, 0.2) is 0 Å². The zero-order valence-corrected chi connectivity index (χ0v) is 9.58. The van der Waals surface area contributed by atoms with Crippen molar-refractivity contribution in [1.29, 1.82) is 0 Å². The average molecular weight is 227 g/mol. The van der Waals surface area contributed by atoms with Crippen LogP contribution in [0.3, 0.4) is 0 Å². The molecular weight excluding hydrogens is 214 g/mol. The average Bonchev–Trinajstić information content (AvgIpc) is 2.57. The summed E-state index contributed by atoms with van der Waals surface area (Å²) in [5.74, 6) is 0. The van der Waals surface area contributed by atoms with Crippen LogP contribution in [0.2, 0.25) is 0 Å². The van der Waals surface area contributed by atoms with Gasteiger partial charge in [0.25, 0.3) is 0 Å². The van der Waals surface area contributed by atoms with Crippen molar-refractivity contribution in [3.05, 3.63) is 17.5 Å². The lowest BCUT2D eigenvalue weighted by molar-refractivity contribution is 0.299. The monoisotopic (exact) mass is 227 g/mol. The van der Waals surface area contributed by atoms with Crippen molar-refractivity contribution in [2.75, 3.05) is 12.8 Å². The Hall–Kier alpha value is -1.01. The van der Waals surface area contributed by atoms with Crippen LogP contribution >= 0.6 is 0 Å². The predicted octanol–water partition coefficient (Wildman–Crippen LogP) is 0.216. The molecule has 15 heavy (non-hydrogen) atoms. The normalized spacial score (nSPS) is 16.7. The summed E-state index contributed by atoms with van der Waals surface area (Å²) in [6.45, 7) is 4.54. The first-order valence-electron chi connectivity index (χ1n) is 4.78. The molecule has 1 aromatic rings. The molecular formula is C9H13N3O2S. The minimum atomic E-state index is -3.29. The molecule has 0 aliphatic carbocycles. The van der Waals surface area contributed by atoms with E-state index in [0.29, 0.717) is 0 Å². The fraction of sp³-hybridized carbons (Fsp3) is 0.556. The molecule has 0 saturated carbocycles. The zero-order chi connectivity index (χ0) is 11.1. The number of aromatic nitrogens is 2. The van der Waals surface area contributed by atoms with Gasteiger partial charge in [0.05, 0.1) is 5.69 Å². The van der Waals surface area contributed by atoms with Crippen molar-refractivity contribution >= 4 is 9.84 Å². The van der Waals surface area contributed by atoms with Crippen LogP contribution < -0.4 is 0 Å². The molecule has 6 heteroatoms. The van der Waals surface area contributed by atoms with Crippen LogP contribution in [0.15, 0.2) is 11.4 Å². The van der Waals surface area contributed by atoms with Gasteiger partial charge in [0, 0.05) is 31.1 Å². The van der Waals surface area contributed by atoms with Crippen LogP contribution in [0.1, 0.15) is 18.2 Å². The molecule has 5 nitrogen and oxygen atoms in total. The van der Waals surface area contributed by atoms with Gasteiger partial charge in [-0.1, -0.05) is 6.92 Å². The van der Waals surface area contributed by atoms with Crippen LogP contribution in [0.5, 0.6) is 0 Å². The standard InChI is InChI=1S/C9H13N3O2S/c1-3-12-5-7-4-10-9(15(2,13)14)11-8(7)6-12/h4H,3,5-6H2,1-2H3. The Bertz CT molecular complexity index is 484. The first kappa shape index (κ1) is 10.5. The number of hydrogen-bond donors (Lipinski definition) is 0. The maximum atomic E-state index is 11.2. The molecule has 0 bridgehead atoms. The summed E-state index contributed by atoms with van der Waals surface area (Å²) in [5.41, 5.74) is 1.87. The van der Waals surface area contributed by atoms with E-state index < -0.39 is 9.84 Å². The van der Waals surface area contributed by atoms with E-state index in [9.17, 15) is 8.42 Å². The van der Waals surface area contributed by atoms with Gasteiger partial charge in [0.2, 0.25) is 15.0 Å². The maximum absolute atomic E-state index is 11.2. The fourth-order valence-corrected chi connectivity index (χ4v) is 2.12. The van der Waals surface area contributed by atoms with Gasteiger partial charge < -0.3 is 0 Å². The molecule has 0 spiro atoms. The molecule has 0 amide bonds. The minimum Gasteiger partial charge on any atom is -0.293 e. The highest BCUT2D eigenvalue weighted by molar-refractivity contribution is 7.90. The summed E-state index contributed by atoms with van der Waals surface area (Å²) in [5, 5.41) is -0.0702. The molecule has 0 aromatic carbocycles. The Morgan fingerprint density at radius 2 is 2.20 bits per heavy atom. The highest BCUT2D eigenvalue weighted by Gasteiger charge is 2.22. The third kappa shape index (κ3) is 2.00. The molecule has 1 aliphatic rings. The largest absolute Gasteiger partial charge is 0.293 e. The fourth-order valence-electron chi connectivity index (χ4n) is 1.60. The van der Waals surface area contributed by atoms with Crippen LogP contribution in [0, 0.1) is 0 Å². The molecule has 0 fully saturated rings. The molecule has 2 heterocycles. The number of nitrogens with zero attached hydrogens (tertiary/aromatic N) is 3. The Kier molecular flexibility index (Phi) is 2.47. The zero-order valence-electron chi connectivity index (χ0n) is 8.77. The number of fused-ring (bicyclic) bond motifs is 1. The van der Waals surface area contributed by atoms with Gasteiger partial charge in [-0.25, -0.2) is 18.4 Å². The SMILES string of the molecule is CCN1Cc2cnc(S(C)(=O)=O)nc2C1. The van der Waals surface area contributed by atoms with Gasteiger partial charge in [-0.2, -0.15) is 0 Å². The summed E-state index contributed by atoms with van der Waals surface area (Å²) in [4.78, 5) is 10.1. The topological polar surface area (TPSA) is 63.2 Å². The molecule has 0 atom stereocenters. The van der Waals surface area contributed by atoms with Crippen LogP contribution in [-0.4, -0.2) is 36.1 Å². The Morgan fingerprint density at radius 1 is 1.47 bits per heavy atom. The summed E-state index contributed by atoms with van der Waals surface area (Å²) in [6, 6.07) is 0. The molecule has 82 valence electrons. The third-order valence-electron chi connectivity index (χ3n) is 2.48. The summed E-state index contributed by atoms with van der Waals surface area (Å²) in [7, 11) is -3.29. The molecule has 0 saturated heterocycles. The third-order valence-corrected chi connectivity index (χ3v) is 3.34. The minimum absolute atomic E-state index is 0.0702. The Morgan fingerprint density at radius 3 is 2.80 bits per heavy atom. The number of rotatable bonds is 2. The van der Waals surface area contributed by atoms with Crippen LogP contribution in [-0.2, 0) is 22.9 Å². The van der Waals surface area contributed by atoms with Gasteiger partial charge in [-0.05, 0) is 6.54 Å². The Balaban J connectivity index is 2.39. The lowest BCUT2D eigenvalue weighted by atomic mass is 10.3. The first-order valence-corrected chi connectivity index (χ1v) is 6.67. The highest BCUT2D eigenvalue weighted by Crippen LogP contribution is 2.20. The predicted molar refractivity (Wildman–Crippen MR) is 54.9 cm³/mol. The molecule has 0 radical (unpaired) electrons.